The minimum absolute atomic E-state index is 0.244. The molecule has 0 bridgehead atoms. The molecule has 0 radical (unpaired) electrons. The van der Waals surface area contributed by atoms with Crippen LogP contribution < -0.4 is 5.32 Å². The number of hydrogen-bond donors (Lipinski definition) is 2. The smallest absolute Gasteiger partial charge is 0.294 e. The van der Waals surface area contributed by atoms with E-state index in [2.05, 4.69) is 63.0 Å². The van der Waals surface area contributed by atoms with E-state index < -0.39 is 10.1 Å². The van der Waals surface area contributed by atoms with Gasteiger partial charge in [0, 0.05) is 32.9 Å². The molecule has 0 amide bonds. The Morgan fingerprint density at radius 3 is 1.69 bits per heavy atom. The Kier molecular flexibility index (Phi) is 7.26. The predicted octanol–water partition coefficient (Wildman–Crippen LogP) is 10.1. The van der Waals surface area contributed by atoms with Crippen LogP contribution in [0.5, 0.6) is 0 Å². The van der Waals surface area contributed by atoms with Crippen LogP contribution in [-0.4, -0.2) is 13.0 Å². The van der Waals surface area contributed by atoms with Crippen LogP contribution in [0.25, 0.3) is 21.5 Å². The quantitative estimate of drug-likeness (QED) is 0.146. The van der Waals surface area contributed by atoms with E-state index in [1.807, 2.05) is 60.7 Å². The van der Waals surface area contributed by atoms with Gasteiger partial charge in [0.15, 0.2) is 0 Å². The van der Waals surface area contributed by atoms with Gasteiger partial charge in [-0.2, -0.15) is 13.5 Å². The highest BCUT2D eigenvalue weighted by Gasteiger charge is 2.11. The third-order valence-electron chi connectivity index (χ3n) is 6.76. The lowest BCUT2D eigenvalue weighted by molar-refractivity contribution is 0.483. The lowest BCUT2D eigenvalue weighted by atomic mass is 10.1. The number of benzene rings is 6. The van der Waals surface area contributed by atoms with Gasteiger partial charge >= 0.3 is 0 Å². The maximum absolute atomic E-state index is 11.5. The van der Waals surface area contributed by atoms with Crippen LogP contribution in [0.15, 0.2) is 147 Å². The molecule has 0 atom stereocenters. The highest BCUT2D eigenvalue weighted by Crippen LogP contribution is 2.37. The summed E-state index contributed by atoms with van der Waals surface area (Å²) in [7, 11) is -4.34. The highest BCUT2D eigenvalue weighted by atomic mass is 32.2. The van der Waals surface area contributed by atoms with Crippen LogP contribution in [0, 0.1) is 6.92 Å². The first kappa shape index (κ1) is 26.9. The van der Waals surface area contributed by atoms with Gasteiger partial charge in [-0.05, 0) is 61.5 Å². The monoisotopic (exact) mass is 571 g/mol. The van der Waals surface area contributed by atoms with Crippen LogP contribution in [0.1, 0.15) is 5.56 Å². The SMILES string of the molecule is Cc1ccc(Nc2ccc(/N=N\c3ccc(/N=N\c4cccc(S(=O)(=O)O)c4)c4ccccc34)c3ccccc23)cc1. The molecular formula is C33H25N5O3S. The van der Waals surface area contributed by atoms with Gasteiger partial charge in [-0.1, -0.05) is 72.3 Å². The van der Waals surface area contributed by atoms with Gasteiger partial charge in [0.05, 0.1) is 27.6 Å². The van der Waals surface area contributed by atoms with Crippen molar-refractivity contribution in [2.24, 2.45) is 20.5 Å². The first-order valence-electron chi connectivity index (χ1n) is 13.1. The molecule has 0 aliphatic heterocycles. The van der Waals surface area contributed by atoms with Crippen molar-refractivity contribution in [2.45, 2.75) is 11.8 Å². The van der Waals surface area contributed by atoms with E-state index in [1.54, 1.807) is 12.1 Å². The third-order valence-corrected chi connectivity index (χ3v) is 7.61. The van der Waals surface area contributed by atoms with E-state index in [0.717, 1.165) is 38.6 Å². The second-order valence-electron chi connectivity index (χ2n) is 9.69. The fourth-order valence-electron chi connectivity index (χ4n) is 4.64. The van der Waals surface area contributed by atoms with Gasteiger partial charge in [-0.25, -0.2) is 0 Å². The van der Waals surface area contributed by atoms with E-state index in [0.29, 0.717) is 17.1 Å². The average molecular weight is 572 g/mol. The molecule has 0 aliphatic carbocycles. The Bertz CT molecular complexity index is 2110. The summed E-state index contributed by atoms with van der Waals surface area (Å²) in [5.74, 6) is 0. The van der Waals surface area contributed by atoms with Gasteiger partial charge in [0.1, 0.15) is 0 Å². The Morgan fingerprint density at radius 2 is 1.10 bits per heavy atom. The fourth-order valence-corrected chi connectivity index (χ4v) is 5.16. The number of nitrogens with zero attached hydrogens (tertiary/aromatic N) is 4. The van der Waals surface area contributed by atoms with Gasteiger partial charge in [-0.15, -0.1) is 15.3 Å². The van der Waals surface area contributed by atoms with E-state index in [9.17, 15) is 13.0 Å². The average Bonchev–Trinajstić information content (AvgIpc) is 3.00. The third kappa shape index (κ3) is 5.78. The van der Waals surface area contributed by atoms with Gasteiger partial charge in [0.25, 0.3) is 10.1 Å². The van der Waals surface area contributed by atoms with Crippen LogP contribution >= 0.6 is 0 Å². The van der Waals surface area contributed by atoms with Gasteiger partial charge in [0.2, 0.25) is 0 Å². The van der Waals surface area contributed by atoms with E-state index in [4.69, 9.17) is 0 Å². The molecule has 0 heterocycles. The summed E-state index contributed by atoms with van der Waals surface area (Å²) in [6, 6.07) is 37.2. The molecule has 206 valence electrons. The molecule has 0 aliphatic rings. The number of anilines is 2. The molecule has 0 saturated carbocycles. The molecule has 42 heavy (non-hydrogen) atoms. The zero-order valence-corrected chi connectivity index (χ0v) is 23.3. The van der Waals surface area contributed by atoms with Gasteiger partial charge in [-0.3, -0.25) is 4.55 Å². The normalized spacial score (nSPS) is 12.0. The lowest BCUT2D eigenvalue weighted by Gasteiger charge is -2.11. The van der Waals surface area contributed by atoms with E-state index in [-0.39, 0.29) is 4.90 Å². The topological polar surface area (TPSA) is 116 Å². The molecule has 9 heteroatoms. The number of fused-ring (bicyclic) bond motifs is 2. The van der Waals surface area contributed by atoms with Crippen molar-refractivity contribution in [1.29, 1.82) is 0 Å². The summed E-state index contributed by atoms with van der Waals surface area (Å²) in [6.45, 7) is 2.06. The van der Waals surface area contributed by atoms with E-state index in [1.165, 1.54) is 23.8 Å². The number of azo groups is 2. The number of aryl methyl sites for hydroxylation is 1. The minimum atomic E-state index is -4.34. The second-order valence-corrected chi connectivity index (χ2v) is 11.1. The number of hydrogen-bond acceptors (Lipinski definition) is 7. The minimum Gasteiger partial charge on any atom is -0.355 e. The molecule has 0 unspecified atom stereocenters. The van der Waals surface area contributed by atoms with Crippen molar-refractivity contribution >= 4 is 65.8 Å². The molecule has 0 saturated heterocycles. The van der Waals surface area contributed by atoms with Crippen LogP contribution in [0.3, 0.4) is 0 Å². The Hall–Kier alpha value is -5.25. The van der Waals surface area contributed by atoms with Crippen LogP contribution in [0.2, 0.25) is 0 Å². The first-order chi connectivity index (χ1) is 20.3. The Labute approximate surface area is 242 Å². The Balaban J connectivity index is 1.32. The van der Waals surface area contributed by atoms with Crippen molar-refractivity contribution < 1.29 is 13.0 Å². The zero-order chi connectivity index (χ0) is 29.1. The van der Waals surface area contributed by atoms with Crippen molar-refractivity contribution in [1.82, 2.24) is 0 Å². The highest BCUT2D eigenvalue weighted by molar-refractivity contribution is 7.85. The molecule has 6 aromatic rings. The van der Waals surface area contributed by atoms with Crippen LogP contribution in [-0.2, 0) is 10.1 Å². The number of nitrogens with one attached hydrogen (secondary N) is 1. The standard InChI is InChI=1S/C33H25N5O3S/c1-22-13-15-23(16-14-22)34-30-17-18-32(27-10-3-2-9-26(27)30)37-38-33-20-19-31(28-11-4-5-12-29(28)33)36-35-24-7-6-8-25(21-24)42(39,40)41/h2-21,34H,1H3,(H,39,40,41)/b36-35-,38-37-. The summed E-state index contributed by atoms with van der Waals surface area (Å²) in [5, 5.41) is 24.9. The summed E-state index contributed by atoms with van der Waals surface area (Å²) in [5.41, 5.74) is 5.49. The zero-order valence-electron chi connectivity index (χ0n) is 22.5. The van der Waals surface area contributed by atoms with E-state index >= 15 is 0 Å². The molecule has 8 nitrogen and oxygen atoms in total. The molecule has 6 aromatic carbocycles. The lowest BCUT2D eigenvalue weighted by Crippen LogP contribution is -1.96. The van der Waals surface area contributed by atoms with Crippen molar-refractivity contribution in [3.05, 3.63) is 127 Å². The fraction of sp³-hybridized carbons (Fsp3) is 0.0303. The largest absolute Gasteiger partial charge is 0.355 e. The Morgan fingerprint density at radius 1 is 0.571 bits per heavy atom. The van der Waals surface area contributed by atoms with Crippen LogP contribution in [0.4, 0.5) is 34.1 Å². The summed E-state index contributed by atoms with van der Waals surface area (Å²) in [6.07, 6.45) is 0. The maximum atomic E-state index is 11.5. The summed E-state index contributed by atoms with van der Waals surface area (Å²) < 4.78 is 32.3. The molecular weight excluding hydrogens is 546 g/mol. The summed E-state index contributed by atoms with van der Waals surface area (Å²) in [4.78, 5) is -0.244. The first-order valence-corrected chi connectivity index (χ1v) is 14.6. The molecule has 6 rings (SSSR count). The summed E-state index contributed by atoms with van der Waals surface area (Å²) >= 11 is 0. The van der Waals surface area contributed by atoms with Crippen molar-refractivity contribution in [3.63, 3.8) is 0 Å². The molecule has 0 spiro atoms. The maximum Gasteiger partial charge on any atom is 0.294 e. The van der Waals surface area contributed by atoms with Crippen molar-refractivity contribution in [2.75, 3.05) is 5.32 Å². The molecule has 0 fully saturated rings. The number of rotatable bonds is 7. The van der Waals surface area contributed by atoms with Gasteiger partial charge < -0.3 is 5.32 Å². The second kappa shape index (κ2) is 11.3. The van der Waals surface area contributed by atoms with Crippen molar-refractivity contribution in [3.8, 4) is 0 Å². The molecule has 2 N–H and O–H groups in total. The predicted molar refractivity (Wildman–Crippen MR) is 167 cm³/mol. The molecule has 0 aromatic heterocycles.